The van der Waals surface area contributed by atoms with Crippen LogP contribution < -0.4 is 9.64 Å². The number of anilines is 1. The monoisotopic (exact) mass is 505 g/mol. The fourth-order valence-electron chi connectivity index (χ4n) is 3.96. The van der Waals surface area contributed by atoms with Crippen LogP contribution in [-0.2, 0) is 14.6 Å². The summed E-state index contributed by atoms with van der Waals surface area (Å²) in [5.74, 6) is 0.562. The van der Waals surface area contributed by atoms with E-state index in [1.165, 1.54) is 12.3 Å². The van der Waals surface area contributed by atoms with Crippen molar-refractivity contribution in [1.29, 1.82) is 0 Å². The highest BCUT2D eigenvalue weighted by Crippen LogP contribution is 2.36. The Kier molecular flexibility index (Phi) is 6.44. The number of methoxy groups -OCH3 is 1. The number of benzene rings is 2. The van der Waals surface area contributed by atoms with Gasteiger partial charge in [-0.3, -0.25) is 0 Å². The van der Waals surface area contributed by atoms with E-state index >= 15 is 0 Å². The number of piperazine rings is 1. The van der Waals surface area contributed by atoms with Crippen molar-refractivity contribution in [2.24, 2.45) is 0 Å². The van der Waals surface area contributed by atoms with Gasteiger partial charge in [-0.1, -0.05) is 11.6 Å². The van der Waals surface area contributed by atoms with E-state index in [0.717, 1.165) is 0 Å². The molecule has 2 aromatic carbocycles. The molecule has 182 valence electrons. The summed E-state index contributed by atoms with van der Waals surface area (Å²) in [5, 5.41) is 0.998. The molecule has 1 aromatic heterocycles. The Morgan fingerprint density at radius 1 is 1.06 bits per heavy atom. The van der Waals surface area contributed by atoms with Crippen molar-refractivity contribution >= 4 is 44.1 Å². The van der Waals surface area contributed by atoms with Crippen LogP contribution in [0, 0.1) is 0 Å². The summed E-state index contributed by atoms with van der Waals surface area (Å²) < 4.78 is 38.1. The van der Waals surface area contributed by atoms with Gasteiger partial charge in [-0.15, -0.1) is 0 Å². The van der Waals surface area contributed by atoms with E-state index in [0.29, 0.717) is 53.5 Å². The van der Waals surface area contributed by atoms with E-state index in [1.54, 1.807) is 42.3 Å². The largest absolute Gasteiger partial charge is 0.495 e. The van der Waals surface area contributed by atoms with Crippen LogP contribution in [0.1, 0.15) is 20.8 Å². The maximum absolute atomic E-state index is 13.5. The molecule has 2 heterocycles. The van der Waals surface area contributed by atoms with Gasteiger partial charge in [0.25, 0.3) is 0 Å². The number of nitrogens with one attached hydrogen (secondary N) is 1. The molecule has 0 saturated carbocycles. The minimum atomic E-state index is -3.83. The molecule has 34 heavy (non-hydrogen) atoms. The number of ether oxygens (including phenoxy) is 2. The lowest BCUT2D eigenvalue weighted by Gasteiger charge is -2.37. The van der Waals surface area contributed by atoms with Crippen LogP contribution in [-0.4, -0.2) is 63.3 Å². The number of amides is 1. The predicted octanol–water partition coefficient (Wildman–Crippen LogP) is 4.72. The normalized spacial score (nSPS) is 15.0. The second-order valence-corrected chi connectivity index (χ2v) is 11.5. The molecule has 1 amide bonds. The Bertz CT molecular complexity index is 1320. The second kappa shape index (κ2) is 9.03. The van der Waals surface area contributed by atoms with Gasteiger partial charge in [0.15, 0.2) is 0 Å². The number of halogens is 1. The summed E-state index contributed by atoms with van der Waals surface area (Å²) in [6, 6.07) is 9.92. The molecule has 0 radical (unpaired) electrons. The number of nitrogens with zero attached hydrogens (tertiary/aromatic N) is 2. The number of hydrogen-bond donors (Lipinski definition) is 1. The van der Waals surface area contributed by atoms with Crippen LogP contribution in [0.5, 0.6) is 5.75 Å². The number of aromatic amines is 1. The first-order valence-corrected chi connectivity index (χ1v) is 12.8. The van der Waals surface area contributed by atoms with Crippen molar-refractivity contribution in [2.45, 2.75) is 36.2 Å². The first kappa shape index (κ1) is 24.2. The molecule has 1 fully saturated rings. The number of rotatable bonds is 4. The van der Waals surface area contributed by atoms with Crippen LogP contribution in [0.25, 0.3) is 10.9 Å². The highest BCUT2D eigenvalue weighted by molar-refractivity contribution is 7.91. The molecule has 0 bridgehead atoms. The van der Waals surface area contributed by atoms with Gasteiger partial charge in [-0.25, -0.2) is 13.2 Å². The summed E-state index contributed by atoms with van der Waals surface area (Å²) in [6.45, 7) is 7.44. The van der Waals surface area contributed by atoms with Gasteiger partial charge >= 0.3 is 6.09 Å². The Labute approximate surface area is 204 Å². The quantitative estimate of drug-likeness (QED) is 0.551. The van der Waals surface area contributed by atoms with E-state index < -0.39 is 15.4 Å². The van der Waals surface area contributed by atoms with Crippen LogP contribution >= 0.6 is 11.6 Å². The molecule has 1 aliphatic rings. The fraction of sp³-hybridized carbons (Fsp3) is 0.375. The topological polar surface area (TPSA) is 91.9 Å². The lowest BCUT2D eigenvalue weighted by Crippen LogP contribution is -2.50. The maximum atomic E-state index is 13.5. The van der Waals surface area contributed by atoms with E-state index in [-0.39, 0.29) is 15.9 Å². The SMILES string of the molecule is COc1ccc(S(=O)(=O)c2c[nH]c3ccc(Cl)cc23)cc1N1CCN(C(=O)OC(C)(C)C)CC1. The molecular weight excluding hydrogens is 478 g/mol. The molecule has 0 unspecified atom stereocenters. The average Bonchev–Trinajstić information content (AvgIpc) is 3.21. The zero-order chi connectivity index (χ0) is 24.7. The van der Waals surface area contributed by atoms with Gasteiger partial charge in [0.2, 0.25) is 9.84 Å². The molecular formula is C24H28ClN3O5S. The lowest BCUT2D eigenvalue weighted by molar-refractivity contribution is 0.0240. The van der Waals surface area contributed by atoms with Gasteiger partial charge in [0.1, 0.15) is 11.4 Å². The molecule has 0 spiro atoms. The van der Waals surface area contributed by atoms with Crippen molar-refractivity contribution in [2.75, 3.05) is 38.2 Å². The van der Waals surface area contributed by atoms with Gasteiger partial charge < -0.3 is 24.3 Å². The number of carbonyl (C=O) groups is 1. The van der Waals surface area contributed by atoms with E-state index in [9.17, 15) is 13.2 Å². The molecule has 1 aliphatic heterocycles. The first-order valence-electron chi connectivity index (χ1n) is 10.9. The standard InChI is InChI=1S/C24H28ClN3O5S/c1-24(2,3)33-23(29)28-11-9-27(10-12-28)20-14-17(6-8-21(20)32-4)34(30,31)22-15-26-19-7-5-16(25)13-18(19)22/h5-8,13-15,26H,9-12H2,1-4H3. The second-order valence-electron chi connectivity index (χ2n) is 9.13. The highest BCUT2D eigenvalue weighted by Gasteiger charge is 2.29. The molecule has 1 saturated heterocycles. The zero-order valence-electron chi connectivity index (χ0n) is 19.6. The summed E-state index contributed by atoms with van der Waals surface area (Å²) in [4.78, 5) is 19.4. The minimum absolute atomic E-state index is 0.152. The molecule has 0 aliphatic carbocycles. The number of fused-ring (bicyclic) bond motifs is 1. The fourth-order valence-corrected chi connectivity index (χ4v) is 5.57. The predicted molar refractivity (Wildman–Crippen MR) is 132 cm³/mol. The minimum Gasteiger partial charge on any atom is -0.495 e. The smallest absolute Gasteiger partial charge is 0.410 e. The zero-order valence-corrected chi connectivity index (χ0v) is 21.2. The van der Waals surface area contributed by atoms with E-state index in [2.05, 4.69) is 4.98 Å². The third kappa shape index (κ3) is 4.81. The van der Waals surface area contributed by atoms with Crippen LogP contribution in [0.3, 0.4) is 0 Å². The van der Waals surface area contributed by atoms with Crippen LogP contribution in [0.15, 0.2) is 52.4 Å². The number of sulfone groups is 1. The summed E-state index contributed by atoms with van der Waals surface area (Å²) in [6.07, 6.45) is 1.13. The lowest BCUT2D eigenvalue weighted by atomic mass is 10.2. The molecule has 1 N–H and O–H groups in total. The molecule has 8 nitrogen and oxygen atoms in total. The van der Waals surface area contributed by atoms with Gasteiger partial charge in [-0.05, 0) is 57.2 Å². The van der Waals surface area contributed by atoms with Gasteiger partial charge in [-0.2, -0.15) is 0 Å². The Morgan fingerprint density at radius 3 is 2.41 bits per heavy atom. The third-order valence-electron chi connectivity index (χ3n) is 5.63. The van der Waals surface area contributed by atoms with Crippen LogP contribution in [0.4, 0.5) is 10.5 Å². The Balaban J connectivity index is 1.62. The van der Waals surface area contributed by atoms with Gasteiger partial charge in [0, 0.05) is 48.3 Å². The summed E-state index contributed by atoms with van der Waals surface area (Å²) in [5.41, 5.74) is 0.785. The molecule has 3 aromatic rings. The number of hydrogen-bond acceptors (Lipinski definition) is 6. The van der Waals surface area contributed by atoms with E-state index in [1.807, 2.05) is 25.7 Å². The maximum Gasteiger partial charge on any atom is 0.410 e. The van der Waals surface area contributed by atoms with Crippen molar-refractivity contribution in [3.8, 4) is 5.75 Å². The number of aromatic nitrogens is 1. The van der Waals surface area contributed by atoms with Gasteiger partial charge in [0.05, 0.1) is 22.6 Å². The Morgan fingerprint density at radius 2 is 1.76 bits per heavy atom. The molecule has 10 heteroatoms. The average molecular weight is 506 g/mol. The number of carbonyl (C=O) groups excluding carboxylic acids is 1. The van der Waals surface area contributed by atoms with Crippen molar-refractivity contribution in [3.63, 3.8) is 0 Å². The molecule has 4 rings (SSSR count). The first-order chi connectivity index (χ1) is 16.0. The van der Waals surface area contributed by atoms with Crippen molar-refractivity contribution < 1.29 is 22.7 Å². The van der Waals surface area contributed by atoms with E-state index in [4.69, 9.17) is 21.1 Å². The number of H-pyrrole nitrogens is 1. The molecule has 0 atom stereocenters. The van der Waals surface area contributed by atoms with Crippen molar-refractivity contribution in [1.82, 2.24) is 9.88 Å². The van der Waals surface area contributed by atoms with Crippen molar-refractivity contribution in [3.05, 3.63) is 47.6 Å². The Hall–Kier alpha value is -2.91. The third-order valence-corrected chi connectivity index (χ3v) is 7.65. The summed E-state index contributed by atoms with van der Waals surface area (Å²) in [7, 11) is -2.28. The van der Waals surface area contributed by atoms with Crippen LogP contribution in [0.2, 0.25) is 5.02 Å². The summed E-state index contributed by atoms with van der Waals surface area (Å²) >= 11 is 6.11. The highest BCUT2D eigenvalue weighted by atomic mass is 35.5.